The van der Waals surface area contributed by atoms with Crippen LogP contribution in [0.15, 0.2) is 30.3 Å². The molecular formula is C14H17N2O2. The summed E-state index contributed by atoms with van der Waals surface area (Å²) in [6.07, 6.45) is 4.10. The van der Waals surface area contributed by atoms with Crippen molar-refractivity contribution in [2.45, 2.75) is 25.3 Å². The Bertz CT molecular complexity index is 431. The van der Waals surface area contributed by atoms with Crippen molar-refractivity contribution in [1.29, 1.82) is 0 Å². The second-order valence-corrected chi connectivity index (χ2v) is 4.50. The van der Waals surface area contributed by atoms with Gasteiger partial charge in [-0.25, -0.2) is 0 Å². The third-order valence-corrected chi connectivity index (χ3v) is 3.20. The number of piperidine rings is 1. The van der Waals surface area contributed by atoms with Crippen LogP contribution in [0.3, 0.4) is 0 Å². The van der Waals surface area contributed by atoms with Crippen LogP contribution in [-0.2, 0) is 9.59 Å². The third kappa shape index (κ3) is 2.88. The molecule has 0 saturated carbocycles. The number of amides is 2. The maximum absolute atomic E-state index is 12.1. The first-order chi connectivity index (χ1) is 8.68. The minimum atomic E-state index is -0.453. The molecule has 1 aliphatic rings. The fourth-order valence-corrected chi connectivity index (χ4v) is 2.27. The van der Waals surface area contributed by atoms with E-state index in [1.807, 2.05) is 30.3 Å². The molecule has 1 heterocycles. The molecule has 95 valence electrons. The van der Waals surface area contributed by atoms with E-state index in [9.17, 15) is 9.59 Å². The lowest BCUT2D eigenvalue weighted by molar-refractivity contribution is -0.138. The van der Waals surface area contributed by atoms with Crippen LogP contribution in [0.25, 0.3) is 0 Å². The molecule has 2 amide bonds. The lowest BCUT2D eigenvalue weighted by Crippen LogP contribution is -2.50. The van der Waals surface area contributed by atoms with Crippen molar-refractivity contribution in [3.05, 3.63) is 42.3 Å². The summed E-state index contributed by atoms with van der Waals surface area (Å²) < 4.78 is 0. The van der Waals surface area contributed by atoms with Gasteiger partial charge in [-0.15, -0.1) is 0 Å². The van der Waals surface area contributed by atoms with E-state index < -0.39 is 11.9 Å². The molecule has 1 saturated heterocycles. The summed E-state index contributed by atoms with van der Waals surface area (Å²) in [5.74, 6) is -0.547. The predicted molar refractivity (Wildman–Crippen MR) is 68.4 cm³/mol. The van der Waals surface area contributed by atoms with Crippen LogP contribution in [-0.4, -0.2) is 29.3 Å². The van der Waals surface area contributed by atoms with E-state index in [1.165, 1.54) is 0 Å². The van der Waals surface area contributed by atoms with Crippen molar-refractivity contribution in [2.24, 2.45) is 5.73 Å². The van der Waals surface area contributed by atoms with Crippen LogP contribution in [0.2, 0.25) is 0 Å². The average Bonchev–Trinajstić information content (AvgIpc) is 2.40. The van der Waals surface area contributed by atoms with Gasteiger partial charge in [0.05, 0.1) is 6.42 Å². The summed E-state index contributed by atoms with van der Waals surface area (Å²) in [6.45, 7) is 0.607. The maximum atomic E-state index is 12.1. The highest BCUT2D eigenvalue weighted by molar-refractivity contribution is 5.93. The van der Waals surface area contributed by atoms with E-state index in [0.717, 1.165) is 18.4 Å². The van der Waals surface area contributed by atoms with Gasteiger partial charge in [-0.05, 0) is 24.8 Å². The van der Waals surface area contributed by atoms with Gasteiger partial charge in [-0.1, -0.05) is 30.3 Å². The van der Waals surface area contributed by atoms with E-state index in [4.69, 9.17) is 5.73 Å². The Morgan fingerprint density at radius 1 is 1.22 bits per heavy atom. The van der Waals surface area contributed by atoms with Gasteiger partial charge in [0, 0.05) is 6.54 Å². The number of primary amides is 1. The third-order valence-electron chi connectivity index (χ3n) is 3.20. The second-order valence-electron chi connectivity index (χ2n) is 4.50. The number of carbonyl (C=O) groups excluding carboxylic acids is 2. The molecule has 2 N–H and O–H groups in total. The topological polar surface area (TPSA) is 63.4 Å². The fourth-order valence-electron chi connectivity index (χ4n) is 2.27. The van der Waals surface area contributed by atoms with Gasteiger partial charge < -0.3 is 10.6 Å². The number of hydrogen-bond donors (Lipinski definition) is 1. The van der Waals surface area contributed by atoms with Crippen LogP contribution < -0.4 is 5.73 Å². The molecule has 1 aromatic carbocycles. The van der Waals surface area contributed by atoms with Crippen LogP contribution in [0, 0.1) is 6.42 Å². The van der Waals surface area contributed by atoms with Gasteiger partial charge in [-0.2, -0.15) is 0 Å². The standard InChI is InChI=1S/C14H17N2O2/c15-14(18)12-8-4-5-9-16(12)13(17)10-11-6-2-1-3-7-11/h1-3,6-7,10,12H,4-5,8-9H2,(H2,15,18). The summed E-state index contributed by atoms with van der Waals surface area (Å²) in [7, 11) is 0. The smallest absolute Gasteiger partial charge is 0.240 e. The molecule has 1 aromatic rings. The lowest BCUT2D eigenvalue weighted by Gasteiger charge is -2.33. The number of likely N-dealkylation sites (tertiary alicyclic amines) is 1. The quantitative estimate of drug-likeness (QED) is 0.867. The Labute approximate surface area is 107 Å². The van der Waals surface area contributed by atoms with Crippen LogP contribution in [0.4, 0.5) is 0 Å². The summed E-state index contributed by atoms with van der Waals surface area (Å²) in [4.78, 5) is 25.1. The molecule has 4 heteroatoms. The normalized spacial score (nSPS) is 19.6. The number of benzene rings is 1. The molecule has 1 radical (unpaired) electrons. The molecular weight excluding hydrogens is 228 g/mol. The van der Waals surface area contributed by atoms with Crippen molar-refractivity contribution < 1.29 is 9.59 Å². The Morgan fingerprint density at radius 2 is 1.94 bits per heavy atom. The Balaban J connectivity index is 2.05. The Morgan fingerprint density at radius 3 is 2.61 bits per heavy atom. The zero-order valence-electron chi connectivity index (χ0n) is 10.2. The van der Waals surface area contributed by atoms with E-state index in [0.29, 0.717) is 13.0 Å². The zero-order chi connectivity index (χ0) is 13.0. The van der Waals surface area contributed by atoms with Crippen LogP contribution in [0.1, 0.15) is 24.8 Å². The molecule has 0 aliphatic carbocycles. The summed E-state index contributed by atoms with van der Waals surface area (Å²) in [6, 6.07) is 8.92. The van der Waals surface area contributed by atoms with Crippen LogP contribution in [0.5, 0.6) is 0 Å². The first-order valence-electron chi connectivity index (χ1n) is 6.18. The van der Waals surface area contributed by atoms with Gasteiger partial charge in [0.15, 0.2) is 0 Å². The van der Waals surface area contributed by atoms with Gasteiger partial charge in [0.1, 0.15) is 6.04 Å². The van der Waals surface area contributed by atoms with E-state index >= 15 is 0 Å². The largest absolute Gasteiger partial charge is 0.368 e. The minimum Gasteiger partial charge on any atom is -0.368 e. The highest BCUT2D eigenvalue weighted by atomic mass is 16.2. The molecule has 4 nitrogen and oxygen atoms in total. The first kappa shape index (κ1) is 12.6. The van der Waals surface area contributed by atoms with Crippen molar-refractivity contribution in [1.82, 2.24) is 4.90 Å². The SMILES string of the molecule is NC(=O)C1CCCCN1C(=O)[CH]c1ccccc1. The van der Waals surface area contributed by atoms with Gasteiger partial charge in [-0.3, -0.25) is 9.59 Å². The predicted octanol–water partition coefficient (Wildman–Crippen LogP) is 1.11. The zero-order valence-corrected chi connectivity index (χ0v) is 10.2. The molecule has 1 aliphatic heterocycles. The molecule has 0 bridgehead atoms. The van der Waals surface area contributed by atoms with Crippen LogP contribution >= 0.6 is 0 Å². The van der Waals surface area contributed by atoms with Gasteiger partial charge >= 0.3 is 0 Å². The maximum Gasteiger partial charge on any atom is 0.240 e. The van der Waals surface area contributed by atoms with E-state index in [1.54, 1.807) is 11.3 Å². The van der Waals surface area contributed by atoms with Crippen molar-refractivity contribution >= 4 is 11.8 Å². The lowest BCUT2D eigenvalue weighted by atomic mass is 10.0. The monoisotopic (exact) mass is 245 g/mol. The highest BCUT2D eigenvalue weighted by Crippen LogP contribution is 2.18. The number of nitrogens with zero attached hydrogens (tertiary/aromatic N) is 1. The molecule has 18 heavy (non-hydrogen) atoms. The summed E-state index contributed by atoms with van der Waals surface area (Å²) in [5.41, 5.74) is 6.19. The molecule has 0 spiro atoms. The van der Waals surface area contributed by atoms with Crippen molar-refractivity contribution in [3.8, 4) is 0 Å². The molecule has 1 fully saturated rings. The number of hydrogen-bond acceptors (Lipinski definition) is 2. The van der Waals surface area contributed by atoms with E-state index in [2.05, 4.69) is 0 Å². The van der Waals surface area contributed by atoms with Crippen molar-refractivity contribution in [3.63, 3.8) is 0 Å². The second kappa shape index (κ2) is 5.67. The molecule has 0 aromatic heterocycles. The molecule has 1 atom stereocenters. The highest BCUT2D eigenvalue weighted by Gasteiger charge is 2.30. The Hall–Kier alpha value is -1.84. The fraction of sp³-hybridized carbons (Fsp3) is 0.357. The van der Waals surface area contributed by atoms with Gasteiger partial charge in [0.25, 0.3) is 0 Å². The number of carbonyl (C=O) groups is 2. The minimum absolute atomic E-state index is 0.135. The summed E-state index contributed by atoms with van der Waals surface area (Å²) >= 11 is 0. The van der Waals surface area contributed by atoms with Gasteiger partial charge in [0.2, 0.25) is 11.8 Å². The Kier molecular flexibility index (Phi) is 3.97. The van der Waals surface area contributed by atoms with E-state index in [-0.39, 0.29) is 5.91 Å². The average molecular weight is 245 g/mol. The molecule has 2 rings (SSSR count). The summed E-state index contributed by atoms with van der Waals surface area (Å²) in [5, 5.41) is 0. The number of rotatable bonds is 3. The molecule has 1 unspecified atom stereocenters. The number of nitrogens with two attached hydrogens (primary N) is 1. The first-order valence-corrected chi connectivity index (χ1v) is 6.18. The van der Waals surface area contributed by atoms with Crippen molar-refractivity contribution in [2.75, 3.05) is 6.54 Å².